The SMILES string of the molecule is Cc1ccc(CN(C)C(=O)c2ccc(CSc3ccccn3)cc2)s1. The van der Waals surface area contributed by atoms with Gasteiger partial charge in [0.15, 0.2) is 0 Å². The molecule has 0 atom stereocenters. The van der Waals surface area contributed by atoms with E-state index in [0.717, 1.165) is 16.3 Å². The van der Waals surface area contributed by atoms with Crippen molar-refractivity contribution < 1.29 is 4.79 Å². The van der Waals surface area contributed by atoms with E-state index in [0.29, 0.717) is 6.54 Å². The number of carbonyl (C=O) groups excluding carboxylic acids is 1. The zero-order chi connectivity index (χ0) is 17.6. The number of hydrogen-bond donors (Lipinski definition) is 0. The molecule has 2 aromatic heterocycles. The minimum Gasteiger partial charge on any atom is -0.337 e. The number of amides is 1. The predicted molar refractivity (Wildman–Crippen MR) is 105 cm³/mol. The molecule has 0 bridgehead atoms. The Kier molecular flexibility index (Phi) is 5.89. The smallest absolute Gasteiger partial charge is 0.253 e. The van der Waals surface area contributed by atoms with Crippen LogP contribution in [0.4, 0.5) is 0 Å². The first-order chi connectivity index (χ1) is 12.1. The van der Waals surface area contributed by atoms with Crippen molar-refractivity contribution in [2.45, 2.75) is 24.2 Å². The Morgan fingerprint density at radius 3 is 2.56 bits per heavy atom. The molecule has 0 aliphatic carbocycles. The van der Waals surface area contributed by atoms with E-state index in [2.05, 4.69) is 24.0 Å². The van der Waals surface area contributed by atoms with Gasteiger partial charge in [-0.15, -0.1) is 23.1 Å². The highest BCUT2D eigenvalue weighted by Crippen LogP contribution is 2.21. The normalized spacial score (nSPS) is 10.6. The van der Waals surface area contributed by atoms with Gasteiger partial charge in [0.2, 0.25) is 0 Å². The third-order valence-electron chi connectivity index (χ3n) is 3.76. The van der Waals surface area contributed by atoms with Gasteiger partial charge in [0.05, 0.1) is 11.6 Å². The summed E-state index contributed by atoms with van der Waals surface area (Å²) in [5.41, 5.74) is 1.91. The van der Waals surface area contributed by atoms with E-state index in [9.17, 15) is 4.79 Å². The zero-order valence-corrected chi connectivity index (χ0v) is 15.9. The maximum Gasteiger partial charge on any atom is 0.253 e. The molecule has 2 heterocycles. The van der Waals surface area contributed by atoms with Crippen LogP contribution < -0.4 is 0 Å². The van der Waals surface area contributed by atoms with Crippen molar-refractivity contribution in [2.75, 3.05) is 7.05 Å². The molecule has 0 saturated carbocycles. The number of hydrogen-bond acceptors (Lipinski definition) is 4. The standard InChI is InChI=1S/C20H20N2OS2/c1-15-6-11-18(25-15)13-22(2)20(23)17-9-7-16(8-10-17)14-24-19-5-3-4-12-21-19/h3-12H,13-14H2,1-2H3. The second-order valence-electron chi connectivity index (χ2n) is 5.83. The van der Waals surface area contributed by atoms with Crippen molar-refractivity contribution in [3.63, 3.8) is 0 Å². The number of nitrogens with zero attached hydrogens (tertiary/aromatic N) is 2. The minimum atomic E-state index is 0.0509. The second kappa shape index (κ2) is 8.32. The first-order valence-electron chi connectivity index (χ1n) is 8.05. The van der Waals surface area contributed by atoms with Gasteiger partial charge in [0, 0.05) is 34.3 Å². The van der Waals surface area contributed by atoms with Gasteiger partial charge in [-0.3, -0.25) is 4.79 Å². The third-order valence-corrected chi connectivity index (χ3v) is 5.76. The first kappa shape index (κ1) is 17.7. The summed E-state index contributed by atoms with van der Waals surface area (Å²) in [4.78, 5) is 21.1. The third kappa shape index (κ3) is 4.94. The zero-order valence-electron chi connectivity index (χ0n) is 14.3. The quantitative estimate of drug-likeness (QED) is 0.573. The highest BCUT2D eigenvalue weighted by molar-refractivity contribution is 7.98. The Labute approximate surface area is 156 Å². The molecule has 0 N–H and O–H groups in total. The summed E-state index contributed by atoms with van der Waals surface area (Å²) in [5, 5.41) is 1.01. The fourth-order valence-corrected chi connectivity index (χ4v) is 4.19. The van der Waals surface area contributed by atoms with Gasteiger partial charge in [-0.05, 0) is 48.9 Å². The number of pyridine rings is 1. The maximum absolute atomic E-state index is 12.6. The monoisotopic (exact) mass is 368 g/mol. The van der Waals surface area contributed by atoms with E-state index < -0.39 is 0 Å². The fraction of sp³-hybridized carbons (Fsp3) is 0.200. The van der Waals surface area contributed by atoms with Gasteiger partial charge < -0.3 is 4.90 Å². The van der Waals surface area contributed by atoms with Crippen LogP contribution in [0.5, 0.6) is 0 Å². The number of rotatable bonds is 6. The van der Waals surface area contributed by atoms with Crippen LogP contribution in [0.25, 0.3) is 0 Å². The van der Waals surface area contributed by atoms with E-state index >= 15 is 0 Å². The molecule has 0 spiro atoms. The molecule has 0 fully saturated rings. The van der Waals surface area contributed by atoms with Crippen molar-refractivity contribution in [3.05, 3.63) is 81.7 Å². The molecular formula is C20H20N2OS2. The van der Waals surface area contributed by atoms with Crippen molar-refractivity contribution in [2.24, 2.45) is 0 Å². The van der Waals surface area contributed by atoms with Crippen LogP contribution in [0.3, 0.4) is 0 Å². The van der Waals surface area contributed by atoms with Crippen molar-refractivity contribution in [1.29, 1.82) is 0 Å². The Hall–Kier alpha value is -2.11. The summed E-state index contributed by atoms with van der Waals surface area (Å²) >= 11 is 3.43. The summed E-state index contributed by atoms with van der Waals surface area (Å²) < 4.78 is 0. The van der Waals surface area contributed by atoms with E-state index in [1.807, 2.05) is 49.5 Å². The number of aryl methyl sites for hydroxylation is 1. The molecule has 25 heavy (non-hydrogen) atoms. The van der Waals surface area contributed by atoms with E-state index in [1.165, 1.54) is 15.3 Å². The molecule has 128 valence electrons. The fourth-order valence-electron chi connectivity index (χ4n) is 2.43. The summed E-state index contributed by atoms with van der Waals surface area (Å²) in [7, 11) is 1.85. The lowest BCUT2D eigenvalue weighted by Crippen LogP contribution is -2.25. The number of aromatic nitrogens is 1. The summed E-state index contributed by atoms with van der Waals surface area (Å²) in [6, 6.07) is 17.9. The average Bonchev–Trinajstić information content (AvgIpc) is 3.05. The lowest BCUT2D eigenvalue weighted by atomic mass is 10.1. The molecule has 5 heteroatoms. The maximum atomic E-state index is 12.6. The van der Waals surface area contributed by atoms with E-state index in [-0.39, 0.29) is 5.91 Å². The van der Waals surface area contributed by atoms with E-state index in [4.69, 9.17) is 0 Å². The van der Waals surface area contributed by atoms with Crippen molar-refractivity contribution in [3.8, 4) is 0 Å². The Balaban J connectivity index is 1.58. The highest BCUT2D eigenvalue weighted by atomic mass is 32.2. The molecule has 3 nitrogen and oxygen atoms in total. The molecular weight excluding hydrogens is 348 g/mol. The molecule has 0 radical (unpaired) electrons. The minimum absolute atomic E-state index is 0.0509. The number of benzene rings is 1. The Morgan fingerprint density at radius 1 is 1.12 bits per heavy atom. The lowest BCUT2D eigenvalue weighted by Gasteiger charge is -2.16. The summed E-state index contributed by atoms with van der Waals surface area (Å²) in [5.74, 6) is 0.894. The highest BCUT2D eigenvalue weighted by Gasteiger charge is 2.12. The van der Waals surface area contributed by atoms with Gasteiger partial charge >= 0.3 is 0 Å². The van der Waals surface area contributed by atoms with Crippen molar-refractivity contribution in [1.82, 2.24) is 9.88 Å². The van der Waals surface area contributed by atoms with Gasteiger partial charge in [-0.2, -0.15) is 0 Å². The Morgan fingerprint density at radius 2 is 1.92 bits per heavy atom. The predicted octanol–water partition coefficient (Wildman–Crippen LogP) is 5.02. The molecule has 0 unspecified atom stereocenters. The molecule has 0 aliphatic rings. The van der Waals surface area contributed by atoms with Crippen LogP contribution in [0.2, 0.25) is 0 Å². The van der Waals surface area contributed by atoms with Crippen LogP contribution in [-0.4, -0.2) is 22.8 Å². The summed E-state index contributed by atoms with van der Waals surface area (Å²) in [6.07, 6.45) is 1.80. The van der Waals surface area contributed by atoms with Crippen LogP contribution in [0.1, 0.15) is 25.7 Å². The summed E-state index contributed by atoms with van der Waals surface area (Å²) in [6.45, 7) is 2.73. The molecule has 1 aromatic carbocycles. The molecule has 3 aromatic rings. The molecule has 3 rings (SSSR count). The largest absolute Gasteiger partial charge is 0.337 e. The Bertz CT molecular complexity index is 828. The molecule has 1 amide bonds. The van der Waals surface area contributed by atoms with Gasteiger partial charge in [-0.1, -0.05) is 18.2 Å². The lowest BCUT2D eigenvalue weighted by molar-refractivity contribution is 0.0786. The number of carbonyl (C=O) groups is 1. The topological polar surface area (TPSA) is 33.2 Å². The van der Waals surface area contributed by atoms with Crippen LogP contribution in [0.15, 0.2) is 65.8 Å². The van der Waals surface area contributed by atoms with Gasteiger partial charge in [0.1, 0.15) is 0 Å². The van der Waals surface area contributed by atoms with E-state index in [1.54, 1.807) is 34.2 Å². The first-order valence-corrected chi connectivity index (χ1v) is 9.85. The van der Waals surface area contributed by atoms with Crippen LogP contribution in [-0.2, 0) is 12.3 Å². The molecule has 0 aliphatic heterocycles. The second-order valence-corrected chi connectivity index (χ2v) is 8.20. The van der Waals surface area contributed by atoms with Crippen LogP contribution in [0, 0.1) is 6.92 Å². The van der Waals surface area contributed by atoms with Crippen LogP contribution >= 0.6 is 23.1 Å². The van der Waals surface area contributed by atoms with Gasteiger partial charge in [-0.25, -0.2) is 4.98 Å². The van der Waals surface area contributed by atoms with Crippen molar-refractivity contribution >= 4 is 29.0 Å². The average molecular weight is 369 g/mol. The number of thiophene rings is 1. The molecule has 0 saturated heterocycles. The van der Waals surface area contributed by atoms with Gasteiger partial charge in [0.25, 0.3) is 5.91 Å². The number of thioether (sulfide) groups is 1.